The van der Waals surface area contributed by atoms with Gasteiger partial charge < -0.3 is 10.1 Å². The van der Waals surface area contributed by atoms with Crippen molar-refractivity contribution in [3.05, 3.63) is 34.9 Å². The summed E-state index contributed by atoms with van der Waals surface area (Å²) in [4.78, 5) is 12.0. The molecule has 0 bridgehead atoms. The average molecular weight is 375 g/mol. The van der Waals surface area contributed by atoms with Crippen molar-refractivity contribution in [2.75, 3.05) is 32.6 Å². The van der Waals surface area contributed by atoms with Crippen molar-refractivity contribution in [3.63, 3.8) is 0 Å². The van der Waals surface area contributed by atoms with E-state index in [1.54, 1.807) is 18.2 Å². The zero-order valence-corrected chi connectivity index (χ0v) is 15.3. The Morgan fingerprint density at radius 1 is 1.38 bits per heavy atom. The molecule has 1 amide bonds. The van der Waals surface area contributed by atoms with Gasteiger partial charge in [0.05, 0.1) is 12.7 Å². The molecule has 1 aromatic rings. The maximum absolute atomic E-state index is 12.0. The molecule has 1 heterocycles. The number of halogens is 1. The van der Waals surface area contributed by atoms with Crippen LogP contribution in [-0.4, -0.2) is 57.2 Å². The summed E-state index contributed by atoms with van der Waals surface area (Å²) in [7, 11) is -3.32. The van der Waals surface area contributed by atoms with Gasteiger partial charge in [-0.05, 0) is 30.5 Å². The van der Waals surface area contributed by atoms with Crippen molar-refractivity contribution in [1.29, 1.82) is 0 Å². The molecule has 1 N–H and O–H groups in total. The summed E-state index contributed by atoms with van der Waals surface area (Å²) >= 11 is 5.90. The summed E-state index contributed by atoms with van der Waals surface area (Å²) in [5.74, 6) is -0.155. The lowest BCUT2D eigenvalue weighted by atomic mass is 10.1. The van der Waals surface area contributed by atoms with Crippen molar-refractivity contribution in [3.8, 4) is 0 Å². The van der Waals surface area contributed by atoms with Crippen LogP contribution in [0, 0.1) is 0 Å². The number of carbonyl (C=O) groups is 1. The molecule has 1 aliphatic heterocycles. The Morgan fingerprint density at radius 2 is 2.08 bits per heavy atom. The molecule has 0 aliphatic carbocycles. The van der Waals surface area contributed by atoms with E-state index in [4.69, 9.17) is 16.3 Å². The van der Waals surface area contributed by atoms with Crippen LogP contribution in [0.1, 0.15) is 18.4 Å². The van der Waals surface area contributed by atoms with Gasteiger partial charge in [-0.2, -0.15) is 4.31 Å². The number of sulfonamides is 1. The fourth-order valence-corrected chi connectivity index (χ4v) is 4.18. The number of hydrogen-bond donors (Lipinski definition) is 1. The summed E-state index contributed by atoms with van der Waals surface area (Å²) in [5.41, 5.74) is 0.824. The highest BCUT2D eigenvalue weighted by atomic mass is 35.5. The van der Waals surface area contributed by atoms with Gasteiger partial charge in [0.15, 0.2) is 0 Å². The number of nitrogens with one attached hydrogen (secondary N) is 1. The monoisotopic (exact) mass is 374 g/mol. The van der Waals surface area contributed by atoms with Crippen molar-refractivity contribution < 1.29 is 17.9 Å². The van der Waals surface area contributed by atoms with Gasteiger partial charge in [-0.15, -0.1) is 0 Å². The van der Waals surface area contributed by atoms with Gasteiger partial charge >= 0.3 is 0 Å². The molecule has 0 saturated carbocycles. The Labute approximate surface area is 148 Å². The number of carbonyl (C=O) groups excluding carboxylic acids is 1. The lowest BCUT2D eigenvalue weighted by Crippen LogP contribution is -2.46. The maximum Gasteiger partial charge on any atom is 0.224 e. The highest BCUT2D eigenvalue weighted by Gasteiger charge is 2.28. The van der Waals surface area contributed by atoms with E-state index in [0.717, 1.165) is 5.56 Å². The molecule has 1 aromatic carbocycles. The fourth-order valence-electron chi connectivity index (χ4n) is 2.79. The van der Waals surface area contributed by atoms with Gasteiger partial charge in [0.1, 0.15) is 0 Å². The second-order valence-corrected chi connectivity index (χ2v) is 8.25. The smallest absolute Gasteiger partial charge is 0.224 e. The van der Waals surface area contributed by atoms with Crippen LogP contribution in [0.2, 0.25) is 5.02 Å². The summed E-state index contributed by atoms with van der Waals surface area (Å²) in [6, 6.07) is 7.06. The molecule has 1 saturated heterocycles. The Balaban J connectivity index is 1.84. The van der Waals surface area contributed by atoms with Crippen LogP contribution in [0.5, 0.6) is 0 Å². The predicted molar refractivity (Wildman–Crippen MR) is 93.6 cm³/mol. The number of hydrogen-bond acceptors (Lipinski definition) is 4. The minimum absolute atomic E-state index is 0.0569. The molecule has 6 nitrogen and oxygen atoms in total. The zero-order valence-electron chi connectivity index (χ0n) is 13.7. The van der Waals surface area contributed by atoms with Gasteiger partial charge in [0.2, 0.25) is 15.9 Å². The molecule has 1 fully saturated rings. The van der Waals surface area contributed by atoms with E-state index in [1.165, 1.54) is 10.6 Å². The van der Waals surface area contributed by atoms with Crippen LogP contribution in [0.3, 0.4) is 0 Å². The van der Waals surface area contributed by atoms with Crippen LogP contribution in [0.15, 0.2) is 24.3 Å². The summed E-state index contributed by atoms with van der Waals surface area (Å²) in [6.07, 6.45) is 2.79. The summed E-state index contributed by atoms with van der Waals surface area (Å²) in [6.45, 7) is 1.68. The van der Waals surface area contributed by atoms with E-state index in [1.807, 2.05) is 6.07 Å². The van der Waals surface area contributed by atoms with E-state index in [-0.39, 0.29) is 31.5 Å². The first-order valence-electron chi connectivity index (χ1n) is 7.92. The number of rotatable bonds is 7. The first-order chi connectivity index (χ1) is 11.4. The number of amides is 1. The van der Waals surface area contributed by atoms with Crippen LogP contribution in [0.4, 0.5) is 0 Å². The molecule has 8 heteroatoms. The second-order valence-electron chi connectivity index (χ2n) is 5.87. The zero-order chi connectivity index (χ0) is 17.6. The molecule has 0 unspecified atom stereocenters. The van der Waals surface area contributed by atoms with Crippen LogP contribution < -0.4 is 5.32 Å². The van der Waals surface area contributed by atoms with Crippen LogP contribution in [0.25, 0.3) is 0 Å². The average Bonchev–Trinajstić information content (AvgIpc) is 2.51. The highest BCUT2D eigenvalue weighted by Crippen LogP contribution is 2.17. The molecule has 24 heavy (non-hydrogen) atoms. The van der Waals surface area contributed by atoms with Gasteiger partial charge in [0.25, 0.3) is 0 Å². The molecule has 2 rings (SSSR count). The first-order valence-corrected chi connectivity index (χ1v) is 10.1. The molecule has 1 aliphatic rings. The van der Waals surface area contributed by atoms with Gasteiger partial charge in [0, 0.05) is 37.4 Å². The highest BCUT2D eigenvalue weighted by molar-refractivity contribution is 7.88. The summed E-state index contributed by atoms with van der Waals surface area (Å²) < 4.78 is 30.7. The number of benzene rings is 1. The van der Waals surface area contributed by atoms with Gasteiger partial charge in [-0.25, -0.2) is 8.42 Å². The van der Waals surface area contributed by atoms with Crippen molar-refractivity contribution in [2.45, 2.75) is 25.3 Å². The van der Waals surface area contributed by atoms with E-state index in [9.17, 15) is 13.2 Å². The lowest BCUT2D eigenvalue weighted by Gasteiger charge is -2.32. The SMILES string of the molecule is CS(=O)(=O)N(CCNC(=O)Cc1cccc(Cl)c1)C1CCOCC1. The van der Waals surface area contributed by atoms with Gasteiger partial charge in [-0.1, -0.05) is 23.7 Å². The van der Waals surface area contributed by atoms with E-state index in [0.29, 0.717) is 31.1 Å². The third-order valence-electron chi connectivity index (χ3n) is 3.93. The van der Waals surface area contributed by atoms with E-state index in [2.05, 4.69) is 5.32 Å². The second kappa shape index (κ2) is 8.80. The van der Waals surface area contributed by atoms with E-state index >= 15 is 0 Å². The number of nitrogens with zero attached hydrogens (tertiary/aromatic N) is 1. The minimum Gasteiger partial charge on any atom is -0.381 e. The Kier molecular flexibility index (Phi) is 7.03. The third-order valence-corrected chi connectivity index (χ3v) is 5.50. The third kappa shape index (κ3) is 6.05. The molecular formula is C16H23ClN2O4S. The largest absolute Gasteiger partial charge is 0.381 e. The molecule has 0 atom stereocenters. The fraction of sp³-hybridized carbons (Fsp3) is 0.562. The van der Waals surface area contributed by atoms with Crippen LogP contribution in [-0.2, 0) is 26.0 Å². The standard InChI is InChI=1S/C16H23ClN2O4S/c1-24(21,22)19(15-5-9-23-10-6-15)8-7-18-16(20)12-13-3-2-4-14(17)11-13/h2-4,11,15H,5-10,12H2,1H3,(H,18,20). The molecule has 0 radical (unpaired) electrons. The van der Waals surface area contributed by atoms with Crippen molar-refractivity contribution in [1.82, 2.24) is 9.62 Å². The Morgan fingerprint density at radius 3 is 2.71 bits per heavy atom. The molecule has 0 spiro atoms. The maximum atomic E-state index is 12.0. The van der Waals surface area contributed by atoms with Crippen molar-refractivity contribution in [2.24, 2.45) is 0 Å². The number of ether oxygens (including phenoxy) is 1. The van der Waals surface area contributed by atoms with Gasteiger partial charge in [-0.3, -0.25) is 4.79 Å². The topological polar surface area (TPSA) is 75.7 Å². The molecule has 0 aromatic heterocycles. The predicted octanol–water partition coefficient (Wildman–Crippen LogP) is 1.44. The minimum atomic E-state index is -3.32. The summed E-state index contributed by atoms with van der Waals surface area (Å²) in [5, 5.41) is 3.36. The Hall–Kier alpha value is -1.15. The van der Waals surface area contributed by atoms with Crippen molar-refractivity contribution >= 4 is 27.5 Å². The first kappa shape index (κ1) is 19.2. The Bertz CT molecular complexity index is 660. The van der Waals surface area contributed by atoms with Crippen LogP contribution >= 0.6 is 11.6 Å². The lowest BCUT2D eigenvalue weighted by molar-refractivity contribution is -0.120. The quantitative estimate of drug-likeness (QED) is 0.783. The molecule has 134 valence electrons. The normalized spacial score (nSPS) is 16.3. The van der Waals surface area contributed by atoms with E-state index < -0.39 is 10.0 Å². The molecular weight excluding hydrogens is 352 g/mol.